The van der Waals surface area contributed by atoms with E-state index in [9.17, 15) is 9.59 Å². The lowest BCUT2D eigenvalue weighted by Crippen LogP contribution is -2.38. The summed E-state index contributed by atoms with van der Waals surface area (Å²) in [6.45, 7) is 6.81. The minimum Gasteiger partial charge on any atom is -0.332 e. The monoisotopic (exact) mass is 375 g/mol. The van der Waals surface area contributed by atoms with Gasteiger partial charge >= 0.3 is 0 Å². The van der Waals surface area contributed by atoms with Crippen LogP contribution in [-0.2, 0) is 6.54 Å². The van der Waals surface area contributed by atoms with Gasteiger partial charge in [0.05, 0.1) is 18.1 Å². The van der Waals surface area contributed by atoms with Crippen molar-refractivity contribution in [1.29, 1.82) is 0 Å². The second kappa shape index (κ2) is 8.65. The van der Waals surface area contributed by atoms with Gasteiger partial charge in [0.15, 0.2) is 0 Å². The van der Waals surface area contributed by atoms with Gasteiger partial charge in [0.1, 0.15) is 0 Å². The number of amides is 1. The fourth-order valence-electron chi connectivity index (χ4n) is 3.10. The van der Waals surface area contributed by atoms with Gasteiger partial charge in [-0.25, -0.2) is 0 Å². The number of rotatable bonds is 6. The van der Waals surface area contributed by atoms with Crippen LogP contribution in [0.2, 0.25) is 0 Å². The van der Waals surface area contributed by atoms with Crippen LogP contribution in [0.3, 0.4) is 0 Å². The maximum absolute atomic E-state index is 13.2. The number of aromatic amines is 1. The molecule has 1 heterocycles. The smallest absolute Gasteiger partial charge is 0.266 e. The minimum atomic E-state index is -0.251. The van der Waals surface area contributed by atoms with Crippen LogP contribution in [0.25, 0.3) is 11.3 Å². The highest BCUT2D eigenvalue weighted by Gasteiger charge is 2.21. The number of carbonyl (C=O) groups excluding carboxylic acids is 1. The molecule has 1 N–H and O–H groups in total. The van der Waals surface area contributed by atoms with Gasteiger partial charge in [-0.3, -0.25) is 14.6 Å². The third kappa shape index (κ3) is 4.36. The molecule has 144 valence electrons. The maximum atomic E-state index is 13.2. The van der Waals surface area contributed by atoms with Gasteiger partial charge in [0.25, 0.3) is 11.5 Å². The van der Waals surface area contributed by atoms with Crippen LogP contribution in [0.5, 0.6) is 0 Å². The zero-order valence-electron chi connectivity index (χ0n) is 16.5. The molecule has 5 nitrogen and oxygen atoms in total. The SMILES string of the molecule is CCC(C)N(Cc1ccccc1C)C(=O)c1ccc(-c2cncc(=O)[nH]2)cc1. The van der Waals surface area contributed by atoms with E-state index in [4.69, 9.17) is 0 Å². The highest BCUT2D eigenvalue weighted by atomic mass is 16.2. The van der Waals surface area contributed by atoms with Gasteiger partial charge in [-0.05, 0) is 49.1 Å². The summed E-state index contributed by atoms with van der Waals surface area (Å²) in [5.74, 6) is 0.00355. The maximum Gasteiger partial charge on any atom is 0.266 e. The quantitative estimate of drug-likeness (QED) is 0.703. The first-order chi connectivity index (χ1) is 13.5. The van der Waals surface area contributed by atoms with Crippen LogP contribution in [0.1, 0.15) is 41.8 Å². The Morgan fingerprint density at radius 3 is 2.46 bits per heavy atom. The molecule has 0 aliphatic rings. The third-order valence-corrected chi connectivity index (χ3v) is 5.08. The van der Waals surface area contributed by atoms with Crippen molar-refractivity contribution in [3.63, 3.8) is 0 Å². The summed E-state index contributed by atoms with van der Waals surface area (Å²) in [7, 11) is 0. The predicted molar refractivity (Wildman–Crippen MR) is 111 cm³/mol. The highest BCUT2D eigenvalue weighted by molar-refractivity contribution is 5.94. The molecule has 0 fully saturated rings. The largest absolute Gasteiger partial charge is 0.332 e. The first-order valence-corrected chi connectivity index (χ1v) is 9.50. The van der Waals surface area contributed by atoms with Crippen LogP contribution in [0.4, 0.5) is 0 Å². The van der Waals surface area contributed by atoms with Crippen molar-refractivity contribution in [2.45, 2.75) is 39.8 Å². The fourth-order valence-corrected chi connectivity index (χ4v) is 3.10. The summed E-state index contributed by atoms with van der Waals surface area (Å²) >= 11 is 0. The number of hydrogen-bond donors (Lipinski definition) is 1. The number of nitrogens with zero attached hydrogens (tertiary/aromatic N) is 2. The topological polar surface area (TPSA) is 66.1 Å². The second-order valence-electron chi connectivity index (χ2n) is 7.00. The summed E-state index contributed by atoms with van der Waals surface area (Å²) in [5.41, 5.74) is 4.16. The lowest BCUT2D eigenvalue weighted by atomic mass is 10.0. The Morgan fingerprint density at radius 1 is 1.11 bits per heavy atom. The first kappa shape index (κ1) is 19.5. The lowest BCUT2D eigenvalue weighted by Gasteiger charge is -2.29. The Morgan fingerprint density at radius 2 is 1.82 bits per heavy atom. The molecule has 3 aromatic rings. The first-order valence-electron chi connectivity index (χ1n) is 9.50. The summed E-state index contributed by atoms with van der Waals surface area (Å²) < 4.78 is 0. The molecule has 1 amide bonds. The molecule has 2 aromatic carbocycles. The summed E-state index contributed by atoms with van der Waals surface area (Å²) in [6, 6.07) is 15.6. The Bertz CT molecular complexity index is 1010. The average Bonchev–Trinajstić information content (AvgIpc) is 2.72. The number of aromatic nitrogens is 2. The van der Waals surface area contributed by atoms with Gasteiger partial charge in [0.2, 0.25) is 0 Å². The van der Waals surface area contributed by atoms with E-state index in [1.165, 1.54) is 11.8 Å². The van der Waals surface area contributed by atoms with Crippen LogP contribution in [0.15, 0.2) is 65.7 Å². The molecule has 0 saturated carbocycles. The second-order valence-corrected chi connectivity index (χ2v) is 7.00. The van der Waals surface area contributed by atoms with Gasteiger partial charge in [-0.15, -0.1) is 0 Å². The highest BCUT2D eigenvalue weighted by Crippen LogP contribution is 2.20. The predicted octanol–water partition coefficient (Wildman–Crippen LogP) is 4.19. The van der Waals surface area contributed by atoms with E-state index in [0.717, 1.165) is 17.5 Å². The van der Waals surface area contributed by atoms with E-state index in [-0.39, 0.29) is 17.5 Å². The van der Waals surface area contributed by atoms with Gasteiger partial charge in [-0.1, -0.05) is 43.3 Å². The molecule has 0 aliphatic carbocycles. The van der Waals surface area contributed by atoms with E-state index < -0.39 is 0 Å². The normalized spacial score (nSPS) is 11.8. The molecule has 1 aromatic heterocycles. The Hall–Kier alpha value is -3.21. The van der Waals surface area contributed by atoms with Crippen LogP contribution >= 0.6 is 0 Å². The number of nitrogens with one attached hydrogen (secondary N) is 1. The van der Waals surface area contributed by atoms with Crippen LogP contribution in [-0.4, -0.2) is 26.8 Å². The summed E-state index contributed by atoms with van der Waals surface area (Å²) in [6.07, 6.45) is 3.71. The van der Waals surface area contributed by atoms with Gasteiger partial charge in [0, 0.05) is 18.2 Å². The van der Waals surface area contributed by atoms with E-state index in [2.05, 4.69) is 42.9 Å². The molecule has 0 aliphatic heterocycles. The van der Waals surface area contributed by atoms with Crippen LogP contribution in [0, 0.1) is 6.92 Å². The Balaban J connectivity index is 1.86. The average molecular weight is 375 g/mol. The van der Waals surface area contributed by atoms with Crippen molar-refractivity contribution >= 4 is 5.91 Å². The van der Waals surface area contributed by atoms with Crippen molar-refractivity contribution in [3.8, 4) is 11.3 Å². The molecular weight excluding hydrogens is 350 g/mol. The molecule has 1 atom stereocenters. The third-order valence-electron chi connectivity index (χ3n) is 5.08. The summed E-state index contributed by atoms with van der Waals surface area (Å²) in [5, 5.41) is 0. The van der Waals surface area contributed by atoms with Crippen molar-refractivity contribution in [1.82, 2.24) is 14.9 Å². The number of hydrogen-bond acceptors (Lipinski definition) is 3. The summed E-state index contributed by atoms with van der Waals surface area (Å²) in [4.78, 5) is 33.3. The molecule has 5 heteroatoms. The fraction of sp³-hybridized carbons (Fsp3) is 0.261. The van der Waals surface area contributed by atoms with E-state index in [1.807, 2.05) is 29.2 Å². The standard InChI is InChI=1S/C23H25N3O2/c1-4-17(3)26(15-20-8-6-5-7-16(20)2)23(28)19-11-9-18(10-12-19)21-13-24-14-22(27)25-21/h5-14,17H,4,15H2,1-3H3,(H,25,27). The van der Waals surface area contributed by atoms with Gasteiger partial charge in [-0.2, -0.15) is 0 Å². The van der Waals surface area contributed by atoms with Crippen LogP contribution < -0.4 is 5.56 Å². The molecule has 1 unspecified atom stereocenters. The zero-order valence-corrected chi connectivity index (χ0v) is 16.5. The van der Waals surface area contributed by atoms with Gasteiger partial charge < -0.3 is 9.88 Å². The number of H-pyrrole nitrogens is 1. The Labute approximate surface area is 165 Å². The molecular formula is C23H25N3O2. The van der Waals surface area contributed by atoms with Crippen molar-refractivity contribution in [3.05, 3.63) is 88.0 Å². The van der Waals surface area contributed by atoms with E-state index in [1.54, 1.807) is 18.3 Å². The molecule has 0 bridgehead atoms. The molecule has 3 rings (SSSR count). The van der Waals surface area contributed by atoms with Crippen molar-refractivity contribution in [2.24, 2.45) is 0 Å². The van der Waals surface area contributed by atoms with Crippen molar-refractivity contribution in [2.75, 3.05) is 0 Å². The molecule has 28 heavy (non-hydrogen) atoms. The molecule has 0 spiro atoms. The van der Waals surface area contributed by atoms with E-state index >= 15 is 0 Å². The van der Waals surface area contributed by atoms with Crippen molar-refractivity contribution < 1.29 is 4.79 Å². The number of benzene rings is 2. The number of aryl methyl sites for hydroxylation is 1. The number of carbonyl (C=O) groups is 1. The minimum absolute atomic E-state index is 0.00355. The Kier molecular flexibility index (Phi) is 6.04. The molecule has 0 saturated heterocycles. The van der Waals surface area contributed by atoms with E-state index in [0.29, 0.717) is 17.8 Å². The zero-order chi connectivity index (χ0) is 20.1. The molecule has 0 radical (unpaired) electrons. The lowest BCUT2D eigenvalue weighted by molar-refractivity contribution is 0.0671.